The molecule has 1 rings (SSSR count). The number of likely N-dealkylation sites (tertiary alicyclic amines) is 1. The molecule has 0 saturated carbocycles. The van der Waals surface area contributed by atoms with Gasteiger partial charge in [0.05, 0.1) is 5.60 Å². The van der Waals surface area contributed by atoms with E-state index in [0.717, 1.165) is 18.9 Å². The quantitative estimate of drug-likeness (QED) is 0.685. The van der Waals surface area contributed by atoms with Crippen molar-refractivity contribution < 1.29 is 5.11 Å². The second-order valence-corrected chi connectivity index (χ2v) is 4.90. The van der Waals surface area contributed by atoms with Gasteiger partial charge in [-0.25, -0.2) is 0 Å². The number of hydrogen-bond acceptors (Lipinski definition) is 3. The van der Waals surface area contributed by atoms with E-state index in [1.807, 2.05) is 13.8 Å². The maximum absolute atomic E-state index is 9.78. The smallest absolute Gasteiger partial charge is 0.0740 e. The van der Waals surface area contributed by atoms with E-state index in [1.54, 1.807) is 0 Å². The Hall–Kier alpha value is -0.120. The van der Waals surface area contributed by atoms with Gasteiger partial charge in [-0.15, -0.1) is 0 Å². The zero-order valence-electron chi connectivity index (χ0n) is 9.71. The van der Waals surface area contributed by atoms with Crippen molar-refractivity contribution in [1.29, 1.82) is 0 Å². The molecule has 1 aliphatic rings. The van der Waals surface area contributed by atoms with Crippen molar-refractivity contribution in [2.75, 3.05) is 33.2 Å². The van der Waals surface area contributed by atoms with Gasteiger partial charge in [0.2, 0.25) is 0 Å². The lowest BCUT2D eigenvalue weighted by Gasteiger charge is -2.22. The van der Waals surface area contributed by atoms with Crippen molar-refractivity contribution in [1.82, 2.24) is 10.2 Å². The van der Waals surface area contributed by atoms with Crippen molar-refractivity contribution in [3.05, 3.63) is 0 Å². The molecule has 0 aromatic rings. The second kappa shape index (κ2) is 5.10. The average molecular weight is 200 g/mol. The molecule has 3 heteroatoms. The summed E-state index contributed by atoms with van der Waals surface area (Å²) < 4.78 is 0. The molecule has 2 N–H and O–H groups in total. The molecule has 0 aromatic heterocycles. The molecule has 0 spiro atoms. The lowest BCUT2D eigenvalue weighted by Crippen LogP contribution is -2.39. The molecule has 0 bridgehead atoms. The molecule has 0 aromatic carbocycles. The average Bonchev–Trinajstić information content (AvgIpc) is 2.51. The minimum Gasteiger partial charge on any atom is -0.389 e. The number of hydrogen-bond donors (Lipinski definition) is 2. The van der Waals surface area contributed by atoms with Crippen molar-refractivity contribution in [3.8, 4) is 0 Å². The van der Waals surface area contributed by atoms with Crippen molar-refractivity contribution in [2.24, 2.45) is 5.92 Å². The van der Waals surface area contributed by atoms with Gasteiger partial charge in [-0.1, -0.05) is 6.92 Å². The van der Waals surface area contributed by atoms with Gasteiger partial charge in [0.1, 0.15) is 0 Å². The molecule has 2 atom stereocenters. The fourth-order valence-corrected chi connectivity index (χ4v) is 1.86. The van der Waals surface area contributed by atoms with Crippen LogP contribution in [0, 0.1) is 5.92 Å². The van der Waals surface area contributed by atoms with E-state index >= 15 is 0 Å². The first-order valence-corrected chi connectivity index (χ1v) is 5.65. The third kappa shape index (κ3) is 3.95. The summed E-state index contributed by atoms with van der Waals surface area (Å²) in [5, 5.41) is 13.1. The molecule has 14 heavy (non-hydrogen) atoms. The Morgan fingerprint density at radius 2 is 2.29 bits per heavy atom. The molecule has 3 nitrogen and oxygen atoms in total. The Morgan fingerprint density at radius 3 is 2.79 bits per heavy atom. The highest BCUT2D eigenvalue weighted by atomic mass is 16.3. The Balaban J connectivity index is 2.10. The van der Waals surface area contributed by atoms with Crippen LogP contribution in [0.5, 0.6) is 0 Å². The molecule has 1 aliphatic heterocycles. The normalized spacial score (nSPS) is 27.9. The van der Waals surface area contributed by atoms with Crippen LogP contribution in [0.25, 0.3) is 0 Å². The minimum absolute atomic E-state index is 0.537. The standard InChI is InChI=1S/C11H24N2O/c1-4-11(2,14)9-12-7-10-5-6-13(3)8-10/h10,12,14H,4-9H2,1-3H3. The number of aliphatic hydroxyl groups is 1. The minimum atomic E-state index is -0.537. The van der Waals surface area contributed by atoms with Crippen molar-refractivity contribution in [3.63, 3.8) is 0 Å². The van der Waals surface area contributed by atoms with Crippen LogP contribution in [0.2, 0.25) is 0 Å². The van der Waals surface area contributed by atoms with Crippen LogP contribution in [0.4, 0.5) is 0 Å². The highest BCUT2D eigenvalue weighted by molar-refractivity contribution is 4.78. The topological polar surface area (TPSA) is 35.5 Å². The van der Waals surface area contributed by atoms with Gasteiger partial charge < -0.3 is 15.3 Å². The van der Waals surface area contributed by atoms with E-state index in [4.69, 9.17) is 0 Å². The van der Waals surface area contributed by atoms with E-state index < -0.39 is 5.60 Å². The molecule has 0 aliphatic carbocycles. The first-order chi connectivity index (χ1) is 6.53. The van der Waals surface area contributed by atoms with Crippen LogP contribution in [0.3, 0.4) is 0 Å². The Labute approximate surface area is 87.5 Å². The van der Waals surface area contributed by atoms with Gasteiger partial charge in [-0.05, 0) is 45.8 Å². The van der Waals surface area contributed by atoms with Crippen LogP contribution in [-0.4, -0.2) is 48.8 Å². The SMILES string of the molecule is CCC(C)(O)CNCC1CCN(C)C1. The van der Waals surface area contributed by atoms with Crippen LogP contribution in [0.15, 0.2) is 0 Å². The summed E-state index contributed by atoms with van der Waals surface area (Å²) in [6.45, 7) is 8.08. The Morgan fingerprint density at radius 1 is 1.57 bits per heavy atom. The number of rotatable bonds is 5. The van der Waals surface area contributed by atoms with E-state index in [1.165, 1.54) is 19.5 Å². The first-order valence-electron chi connectivity index (χ1n) is 5.65. The molecule has 1 heterocycles. The monoisotopic (exact) mass is 200 g/mol. The Kier molecular flexibility index (Phi) is 4.35. The van der Waals surface area contributed by atoms with E-state index in [9.17, 15) is 5.11 Å². The first kappa shape index (κ1) is 12.0. The molecular formula is C11H24N2O. The van der Waals surface area contributed by atoms with Crippen molar-refractivity contribution >= 4 is 0 Å². The largest absolute Gasteiger partial charge is 0.389 e. The van der Waals surface area contributed by atoms with E-state index in [2.05, 4.69) is 17.3 Å². The third-order valence-electron chi connectivity index (χ3n) is 3.19. The summed E-state index contributed by atoms with van der Waals surface area (Å²) in [5.74, 6) is 0.771. The lowest BCUT2D eigenvalue weighted by atomic mass is 10.0. The predicted molar refractivity (Wildman–Crippen MR) is 59.4 cm³/mol. The highest BCUT2D eigenvalue weighted by Crippen LogP contribution is 2.13. The maximum Gasteiger partial charge on any atom is 0.0740 e. The van der Waals surface area contributed by atoms with E-state index in [-0.39, 0.29) is 0 Å². The lowest BCUT2D eigenvalue weighted by molar-refractivity contribution is 0.0551. The van der Waals surface area contributed by atoms with Crippen molar-refractivity contribution in [2.45, 2.75) is 32.3 Å². The van der Waals surface area contributed by atoms with Gasteiger partial charge in [-0.2, -0.15) is 0 Å². The van der Waals surface area contributed by atoms with Gasteiger partial charge in [-0.3, -0.25) is 0 Å². The van der Waals surface area contributed by atoms with Crippen LogP contribution in [0.1, 0.15) is 26.7 Å². The highest BCUT2D eigenvalue weighted by Gasteiger charge is 2.21. The van der Waals surface area contributed by atoms with E-state index in [0.29, 0.717) is 6.54 Å². The molecule has 0 radical (unpaired) electrons. The summed E-state index contributed by atoms with van der Waals surface area (Å²) >= 11 is 0. The molecule has 0 amide bonds. The molecule has 1 saturated heterocycles. The van der Waals surface area contributed by atoms with Gasteiger partial charge in [0.25, 0.3) is 0 Å². The third-order valence-corrected chi connectivity index (χ3v) is 3.19. The summed E-state index contributed by atoms with van der Waals surface area (Å²) in [4.78, 5) is 2.37. The number of nitrogens with one attached hydrogen (secondary N) is 1. The zero-order chi connectivity index (χ0) is 10.6. The summed E-state index contributed by atoms with van der Waals surface area (Å²) in [6.07, 6.45) is 2.10. The molecular weight excluding hydrogens is 176 g/mol. The predicted octanol–water partition coefficient (Wildman–Crippen LogP) is 0.689. The molecule has 1 fully saturated rings. The summed E-state index contributed by atoms with van der Waals surface area (Å²) in [7, 11) is 2.17. The second-order valence-electron chi connectivity index (χ2n) is 4.90. The Bertz CT molecular complexity index is 171. The van der Waals surface area contributed by atoms with Gasteiger partial charge >= 0.3 is 0 Å². The zero-order valence-corrected chi connectivity index (χ0v) is 9.71. The van der Waals surface area contributed by atoms with Crippen LogP contribution < -0.4 is 5.32 Å². The summed E-state index contributed by atoms with van der Waals surface area (Å²) in [5.41, 5.74) is -0.537. The fourth-order valence-electron chi connectivity index (χ4n) is 1.86. The maximum atomic E-state index is 9.78. The molecule has 84 valence electrons. The number of nitrogens with zero attached hydrogens (tertiary/aromatic N) is 1. The van der Waals surface area contributed by atoms with Crippen LogP contribution in [-0.2, 0) is 0 Å². The molecule has 2 unspecified atom stereocenters. The van der Waals surface area contributed by atoms with Crippen LogP contribution >= 0.6 is 0 Å². The van der Waals surface area contributed by atoms with Gasteiger partial charge in [0, 0.05) is 13.1 Å². The fraction of sp³-hybridized carbons (Fsp3) is 1.00. The van der Waals surface area contributed by atoms with Gasteiger partial charge in [0.15, 0.2) is 0 Å². The summed E-state index contributed by atoms with van der Waals surface area (Å²) in [6, 6.07) is 0.